The summed E-state index contributed by atoms with van der Waals surface area (Å²) in [4.78, 5) is 0. The summed E-state index contributed by atoms with van der Waals surface area (Å²) in [6.07, 6.45) is 7.50. The Kier molecular flexibility index (Phi) is 3.57. The lowest BCUT2D eigenvalue weighted by molar-refractivity contribution is 0.217. The van der Waals surface area contributed by atoms with Crippen LogP contribution in [-0.4, -0.2) is 15.8 Å². The van der Waals surface area contributed by atoms with Crippen LogP contribution in [0.15, 0.2) is 6.07 Å². The Labute approximate surface area is 104 Å². The fourth-order valence-electron chi connectivity index (χ4n) is 3.36. The van der Waals surface area contributed by atoms with Crippen molar-refractivity contribution in [1.82, 2.24) is 9.78 Å². The second kappa shape index (κ2) is 4.81. The van der Waals surface area contributed by atoms with Gasteiger partial charge in [-0.05, 0) is 37.7 Å². The largest absolute Gasteiger partial charge is 0.327 e. The van der Waals surface area contributed by atoms with Gasteiger partial charge in [-0.15, -0.1) is 0 Å². The summed E-state index contributed by atoms with van der Waals surface area (Å²) in [7, 11) is 2.02. The Bertz CT molecular complexity index is 375. The maximum Gasteiger partial charge on any atom is 0.0596 e. The molecule has 0 bridgehead atoms. The standard InChI is InChI=1S/C14H25N3/c1-4-14(7-5-6-8-14)13(15)10-12-9-11(2)16-17(12)3/h9,13H,4-8,10,15H2,1-3H3. The number of hydrogen-bond donors (Lipinski definition) is 1. The van der Waals surface area contributed by atoms with Crippen molar-refractivity contribution >= 4 is 0 Å². The van der Waals surface area contributed by atoms with E-state index in [0.29, 0.717) is 5.41 Å². The van der Waals surface area contributed by atoms with Crippen molar-refractivity contribution in [2.45, 2.75) is 58.4 Å². The fraction of sp³-hybridized carbons (Fsp3) is 0.786. The Hall–Kier alpha value is -0.830. The van der Waals surface area contributed by atoms with E-state index < -0.39 is 0 Å². The molecular weight excluding hydrogens is 210 g/mol. The first-order chi connectivity index (χ1) is 8.07. The zero-order chi connectivity index (χ0) is 12.5. The number of nitrogens with two attached hydrogens (primary N) is 1. The molecule has 1 aliphatic rings. The first-order valence-electron chi connectivity index (χ1n) is 6.82. The average Bonchev–Trinajstić information content (AvgIpc) is 2.87. The minimum atomic E-state index is 0.282. The van der Waals surface area contributed by atoms with Crippen molar-refractivity contribution in [2.24, 2.45) is 18.2 Å². The third kappa shape index (κ3) is 2.39. The Morgan fingerprint density at radius 2 is 2.12 bits per heavy atom. The molecule has 0 spiro atoms. The SMILES string of the molecule is CCC1(C(N)Cc2cc(C)nn2C)CCCC1. The second-order valence-corrected chi connectivity index (χ2v) is 5.63. The summed E-state index contributed by atoms with van der Waals surface area (Å²) in [6.45, 7) is 4.33. The molecule has 17 heavy (non-hydrogen) atoms. The van der Waals surface area contributed by atoms with Crippen molar-refractivity contribution in [3.05, 3.63) is 17.5 Å². The lowest BCUT2D eigenvalue weighted by Gasteiger charge is -2.34. The Balaban J connectivity index is 2.10. The number of aromatic nitrogens is 2. The van der Waals surface area contributed by atoms with E-state index in [4.69, 9.17) is 5.73 Å². The molecule has 0 aliphatic heterocycles. The highest BCUT2D eigenvalue weighted by molar-refractivity contribution is 5.11. The molecule has 1 heterocycles. The van der Waals surface area contributed by atoms with Crippen molar-refractivity contribution in [3.8, 4) is 0 Å². The molecule has 96 valence electrons. The summed E-state index contributed by atoms with van der Waals surface area (Å²) < 4.78 is 1.98. The number of nitrogens with zero attached hydrogens (tertiary/aromatic N) is 2. The molecule has 0 saturated heterocycles. The van der Waals surface area contributed by atoms with Crippen LogP contribution in [0.4, 0.5) is 0 Å². The van der Waals surface area contributed by atoms with E-state index in [0.717, 1.165) is 12.1 Å². The number of rotatable bonds is 4. The van der Waals surface area contributed by atoms with E-state index in [1.807, 2.05) is 18.7 Å². The van der Waals surface area contributed by atoms with Gasteiger partial charge in [0.25, 0.3) is 0 Å². The van der Waals surface area contributed by atoms with Gasteiger partial charge in [0.1, 0.15) is 0 Å². The highest BCUT2D eigenvalue weighted by atomic mass is 15.3. The molecule has 0 radical (unpaired) electrons. The van der Waals surface area contributed by atoms with Crippen LogP contribution in [-0.2, 0) is 13.5 Å². The summed E-state index contributed by atoms with van der Waals surface area (Å²) in [5.41, 5.74) is 9.24. The van der Waals surface area contributed by atoms with E-state index in [2.05, 4.69) is 18.1 Å². The summed E-state index contributed by atoms with van der Waals surface area (Å²) >= 11 is 0. The van der Waals surface area contributed by atoms with Gasteiger partial charge in [0.05, 0.1) is 5.69 Å². The van der Waals surface area contributed by atoms with E-state index in [-0.39, 0.29) is 6.04 Å². The molecule has 1 fully saturated rings. The summed E-state index contributed by atoms with van der Waals surface area (Å²) in [6, 6.07) is 2.45. The molecule has 0 aromatic carbocycles. The maximum atomic E-state index is 6.49. The fourth-order valence-corrected chi connectivity index (χ4v) is 3.36. The van der Waals surface area contributed by atoms with Crippen LogP contribution in [0.2, 0.25) is 0 Å². The highest BCUT2D eigenvalue weighted by Crippen LogP contribution is 2.43. The molecule has 1 aliphatic carbocycles. The average molecular weight is 235 g/mol. The molecule has 1 unspecified atom stereocenters. The zero-order valence-electron chi connectivity index (χ0n) is 11.4. The molecule has 1 aromatic rings. The highest BCUT2D eigenvalue weighted by Gasteiger charge is 2.37. The van der Waals surface area contributed by atoms with Crippen molar-refractivity contribution in [1.29, 1.82) is 0 Å². The Morgan fingerprint density at radius 1 is 1.47 bits per heavy atom. The first-order valence-corrected chi connectivity index (χ1v) is 6.82. The second-order valence-electron chi connectivity index (χ2n) is 5.63. The summed E-state index contributed by atoms with van der Waals surface area (Å²) in [5.74, 6) is 0. The van der Waals surface area contributed by atoms with Gasteiger partial charge in [-0.2, -0.15) is 5.10 Å². The van der Waals surface area contributed by atoms with Gasteiger partial charge < -0.3 is 5.73 Å². The molecular formula is C14H25N3. The lowest BCUT2D eigenvalue weighted by atomic mass is 9.75. The maximum absolute atomic E-state index is 6.49. The minimum Gasteiger partial charge on any atom is -0.327 e. The van der Waals surface area contributed by atoms with Gasteiger partial charge in [0, 0.05) is 25.2 Å². The van der Waals surface area contributed by atoms with Crippen LogP contribution in [0.3, 0.4) is 0 Å². The normalized spacial score (nSPS) is 20.7. The third-order valence-electron chi connectivity index (χ3n) is 4.62. The van der Waals surface area contributed by atoms with Gasteiger partial charge in [0.2, 0.25) is 0 Å². The predicted molar refractivity (Wildman–Crippen MR) is 70.8 cm³/mol. The monoisotopic (exact) mass is 235 g/mol. The van der Waals surface area contributed by atoms with Crippen LogP contribution < -0.4 is 5.73 Å². The topological polar surface area (TPSA) is 43.8 Å². The van der Waals surface area contributed by atoms with E-state index >= 15 is 0 Å². The zero-order valence-corrected chi connectivity index (χ0v) is 11.4. The molecule has 1 saturated carbocycles. The molecule has 3 heteroatoms. The minimum absolute atomic E-state index is 0.282. The molecule has 2 N–H and O–H groups in total. The molecule has 1 aromatic heterocycles. The number of aryl methyl sites for hydroxylation is 2. The van der Waals surface area contributed by atoms with Crippen LogP contribution in [0.25, 0.3) is 0 Å². The molecule has 3 nitrogen and oxygen atoms in total. The third-order valence-corrected chi connectivity index (χ3v) is 4.62. The van der Waals surface area contributed by atoms with Gasteiger partial charge in [-0.3, -0.25) is 4.68 Å². The van der Waals surface area contributed by atoms with E-state index in [1.54, 1.807) is 0 Å². The van der Waals surface area contributed by atoms with Gasteiger partial charge in [-0.1, -0.05) is 19.8 Å². The first kappa shape index (κ1) is 12.6. The van der Waals surface area contributed by atoms with E-state index in [1.165, 1.54) is 37.8 Å². The smallest absolute Gasteiger partial charge is 0.0596 e. The molecule has 2 rings (SSSR count). The van der Waals surface area contributed by atoms with Crippen LogP contribution in [0.5, 0.6) is 0 Å². The molecule has 0 amide bonds. The predicted octanol–water partition coefficient (Wildman–Crippen LogP) is 2.57. The Morgan fingerprint density at radius 3 is 2.59 bits per heavy atom. The summed E-state index contributed by atoms with van der Waals surface area (Å²) in [5, 5.41) is 4.40. The molecule has 1 atom stereocenters. The van der Waals surface area contributed by atoms with Crippen molar-refractivity contribution in [3.63, 3.8) is 0 Å². The van der Waals surface area contributed by atoms with Crippen molar-refractivity contribution < 1.29 is 0 Å². The van der Waals surface area contributed by atoms with E-state index in [9.17, 15) is 0 Å². The van der Waals surface area contributed by atoms with Crippen molar-refractivity contribution in [2.75, 3.05) is 0 Å². The number of hydrogen-bond acceptors (Lipinski definition) is 2. The lowest BCUT2D eigenvalue weighted by Crippen LogP contribution is -2.41. The van der Waals surface area contributed by atoms with Gasteiger partial charge >= 0.3 is 0 Å². The van der Waals surface area contributed by atoms with Gasteiger partial charge in [-0.25, -0.2) is 0 Å². The van der Waals surface area contributed by atoms with Crippen LogP contribution in [0, 0.1) is 12.3 Å². The quantitative estimate of drug-likeness (QED) is 0.871. The van der Waals surface area contributed by atoms with Gasteiger partial charge in [0.15, 0.2) is 0 Å². The van der Waals surface area contributed by atoms with Crippen LogP contribution in [0.1, 0.15) is 50.4 Å². The van der Waals surface area contributed by atoms with Crippen LogP contribution >= 0.6 is 0 Å².